The molecule has 0 atom stereocenters. The lowest BCUT2D eigenvalue weighted by atomic mass is 10.1. The Labute approximate surface area is 157 Å². The van der Waals surface area contributed by atoms with Crippen molar-refractivity contribution in [1.82, 2.24) is 5.32 Å². The summed E-state index contributed by atoms with van der Waals surface area (Å²) in [5, 5.41) is 2.18. The topological polar surface area (TPSA) is 81.7 Å². The molecule has 0 heterocycles. The molecule has 0 unspecified atom stereocenters. The molecule has 0 fully saturated rings. The van der Waals surface area contributed by atoms with Crippen molar-refractivity contribution < 1.29 is 23.9 Å². The highest BCUT2D eigenvalue weighted by molar-refractivity contribution is 5.97. The van der Waals surface area contributed by atoms with Gasteiger partial charge in [-0.25, -0.2) is 4.79 Å². The molecule has 0 aliphatic heterocycles. The quantitative estimate of drug-likeness (QED) is 0.573. The third-order valence-corrected chi connectivity index (χ3v) is 3.43. The van der Waals surface area contributed by atoms with Gasteiger partial charge < -0.3 is 9.47 Å². The van der Waals surface area contributed by atoms with Gasteiger partial charge in [-0.15, -0.1) is 0 Å². The van der Waals surface area contributed by atoms with Gasteiger partial charge in [0.15, 0.2) is 6.61 Å². The molecule has 0 radical (unpaired) electrons. The second kappa shape index (κ2) is 10.6. The summed E-state index contributed by atoms with van der Waals surface area (Å²) in [7, 11) is 0. The zero-order chi connectivity index (χ0) is 19.5. The summed E-state index contributed by atoms with van der Waals surface area (Å²) in [6, 6.07) is 16.2. The standard InChI is InChI=1S/C21H21NO5/c1-2-26-18-11-8-16(9-12-18)10-13-21(25)27-15-20(24)22-19(23)14-17-6-4-3-5-7-17/h3-13H,2,14-15H2,1H3,(H,22,23,24)/b13-10+. The molecule has 0 saturated heterocycles. The minimum absolute atomic E-state index is 0.0815. The van der Waals surface area contributed by atoms with Crippen LogP contribution in [0.15, 0.2) is 60.7 Å². The normalized spacial score (nSPS) is 10.4. The van der Waals surface area contributed by atoms with Crippen LogP contribution in [0, 0.1) is 0 Å². The van der Waals surface area contributed by atoms with Crippen LogP contribution in [0.5, 0.6) is 5.75 Å². The molecular formula is C21H21NO5. The van der Waals surface area contributed by atoms with Crippen molar-refractivity contribution in [2.75, 3.05) is 13.2 Å². The first-order valence-corrected chi connectivity index (χ1v) is 8.51. The van der Waals surface area contributed by atoms with Gasteiger partial charge in [-0.1, -0.05) is 42.5 Å². The Bertz CT molecular complexity index is 797. The number of hydrogen-bond acceptors (Lipinski definition) is 5. The van der Waals surface area contributed by atoms with Crippen molar-refractivity contribution in [2.24, 2.45) is 0 Å². The third kappa shape index (κ3) is 7.56. The summed E-state index contributed by atoms with van der Waals surface area (Å²) in [6.07, 6.45) is 2.86. The van der Waals surface area contributed by atoms with Crippen molar-refractivity contribution >= 4 is 23.9 Å². The highest BCUT2D eigenvalue weighted by atomic mass is 16.5. The van der Waals surface area contributed by atoms with Crippen molar-refractivity contribution in [3.63, 3.8) is 0 Å². The second-order valence-corrected chi connectivity index (χ2v) is 5.58. The van der Waals surface area contributed by atoms with E-state index in [0.29, 0.717) is 6.61 Å². The average molecular weight is 367 g/mol. The van der Waals surface area contributed by atoms with Crippen LogP contribution < -0.4 is 10.1 Å². The molecule has 140 valence electrons. The fraction of sp³-hybridized carbons (Fsp3) is 0.190. The molecule has 0 aromatic heterocycles. The molecule has 1 N–H and O–H groups in total. The summed E-state index contributed by atoms with van der Waals surface area (Å²) < 4.78 is 10.2. The van der Waals surface area contributed by atoms with Gasteiger partial charge in [0.25, 0.3) is 5.91 Å². The third-order valence-electron chi connectivity index (χ3n) is 3.43. The van der Waals surface area contributed by atoms with Crippen LogP contribution in [0.1, 0.15) is 18.1 Å². The number of esters is 1. The van der Waals surface area contributed by atoms with Crippen molar-refractivity contribution in [3.05, 3.63) is 71.8 Å². The van der Waals surface area contributed by atoms with E-state index in [1.807, 2.05) is 25.1 Å². The maximum Gasteiger partial charge on any atom is 0.331 e. The van der Waals surface area contributed by atoms with E-state index in [1.54, 1.807) is 42.5 Å². The van der Waals surface area contributed by atoms with Crippen LogP contribution in [0.3, 0.4) is 0 Å². The van der Waals surface area contributed by atoms with E-state index < -0.39 is 24.4 Å². The van der Waals surface area contributed by atoms with E-state index >= 15 is 0 Å². The van der Waals surface area contributed by atoms with Gasteiger partial charge in [-0.3, -0.25) is 14.9 Å². The fourth-order valence-corrected chi connectivity index (χ4v) is 2.21. The summed E-state index contributed by atoms with van der Waals surface area (Å²) in [5.74, 6) is -1.05. The predicted molar refractivity (Wildman–Crippen MR) is 101 cm³/mol. The fourth-order valence-electron chi connectivity index (χ4n) is 2.21. The maximum atomic E-state index is 11.8. The molecule has 6 nitrogen and oxygen atoms in total. The monoisotopic (exact) mass is 367 g/mol. The largest absolute Gasteiger partial charge is 0.494 e. The average Bonchev–Trinajstić information content (AvgIpc) is 2.67. The number of hydrogen-bond donors (Lipinski definition) is 1. The van der Waals surface area contributed by atoms with Crippen LogP contribution in [-0.2, 0) is 25.5 Å². The smallest absolute Gasteiger partial charge is 0.331 e. The molecule has 0 aliphatic rings. The van der Waals surface area contributed by atoms with E-state index in [4.69, 9.17) is 9.47 Å². The van der Waals surface area contributed by atoms with Crippen LogP contribution in [0.4, 0.5) is 0 Å². The van der Waals surface area contributed by atoms with Crippen molar-refractivity contribution in [3.8, 4) is 5.75 Å². The number of rotatable bonds is 8. The number of benzene rings is 2. The molecule has 2 aromatic carbocycles. The van der Waals surface area contributed by atoms with E-state index in [0.717, 1.165) is 16.9 Å². The molecule has 2 amide bonds. The minimum Gasteiger partial charge on any atom is -0.494 e. The lowest BCUT2D eigenvalue weighted by Gasteiger charge is -2.05. The van der Waals surface area contributed by atoms with Gasteiger partial charge in [0.1, 0.15) is 5.75 Å². The van der Waals surface area contributed by atoms with Crippen LogP contribution in [-0.4, -0.2) is 31.0 Å². The lowest BCUT2D eigenvalue weighted by molar-refractivity contribution is -0.145. The molecule has 2 aromatic rings. The van der Waals surface area contributed by atoms with Crippen molar-refractivity contribution in [2.45, 2.75) is 13.3 Å². The zero-order valence-corrected chi connectivity index (χ0v) is 15.0. The molecule has 2 rings (SSSR count). The van der Waals surface area contributed by atoms with Gasteiger partial charge in [-0.05, 0) is 36.3 Å². The summed E-state index contributed by atoms with van der Waals surface area (Å²) >= 11 is 0. The molecule has 6 heteroatoms. The van der Waals surface area contributed by atoms with Gasteiger partial charge >= 0.3 is 5.97 Å². The van der Waals surface area contributed by atoms with Gasteiger partial charge in [-0.2, -0.15) is 0 Å². The first kappa shape index (κ1) is 19.9. The summed E-state index contributed by atoms with van der Waals surface area (Å²) in [5.41, 5.74) is 1.58. The Hall–Kier alpha value is -3.41. The van der Waals surface area contributed by atoms with Crippen molar-refractivity contribution in [1.29, 1.82) is 0 Å². The van der Waals surface area contributed by atoms with Gasteiger partial charge in [0.2, 0.25) is 5.91 Å². The second-order valence-electron chi connectivity index (χ2n) is 5.58. The highest BCUT2D eigenvalue weighted by Crippen LogP contribution is 2.13. The summed E-state index contributed by atoms with van der Waals surface area (Å²) in [4.78, 5) is 35.1. The van der Waals surface area contributed by atoms with E-state index in [1.165, 1.54) is 6.08 Å². The van der Waals surface area contributed by atoms with Crippen LogP contribution in [0.2, 0.25) is 0 Å². The van der Waals surface area contributed by atoms with Crippen LogP contribution in [0.25, 0.3) is 6.08 Å². The number of carbonyl (C=O) groups excluding carboxylic acids is 3. The molecule has 27 heavy (non-hydrogen) atoms. The van der Waals surface area contributed by atoms with E-state index in [2.05, 4.69) is 5.32 Å². The van der Waals surface area contributed by atoms with Crippen LogP contribution >= 0.6 is 0 Å². The van der Waals surface area contributed by atoms with Gasteiger partial charge in [0.05, 0.1) is 13.0 Å². The number of ether oxygens (including phenoxy) is 2. The predicted octanol–water partition coefficient (Wildman–Crippen LogP) is 2.53. The first-order chi connectivity index (χ1) is 13.1. The molecular weight excluding hydrogens is 346 g/mol. The highest BCUT2D eigenvalue weighted by Gasteiger charge is 2.10. The van der Waals surface area contributed by atoms with E-state index in [9.17, 15) is 14.4 Å². The minimum atomic E-state index is -0.672. The number of carbonyl (C=O) groups is 3. The summed E-state index contributed by atoms with van der Waals surface area (Å²) in [6.45, 7) is 1.96. The molecule has 0 aliphatic carbocycles. The maximum absolute atomic E-state index is 11.8. The molecule has 0 bridgehead atoms. The molecule has 0 saturated carbocycles. The Kier molecular flexibility index (Phi) is 7.78. The Morgan fingerprint density at radius 2 is 1.67 bits per heavy atom. The Morgan fingerprint density at radius 3 is 2.33 bits per heavy atom. The SMILES string of the molecule is CCOc1ccc(/C=C/C(=O)OCC(=O)NC(=O)Cc2ccccc2)cc1. The molecule has 0 spiro atoms. The van der Waals surface area contributed by atoms with E-state index in [-0.39, 0.29) is 6.42 Å². The lowest BCUT2D eigenvalue weighted by Crippen LogP contribution is -2.35. The van der Waals surface area contributed by atoms with Gasteiger partial charge in [0, 0.05) is 6.08 Å². The first-order valence-electron chi connectivity index (χ1n) is 8.51. The zero-order valence-electron chi connectivity index (χ0n) is 15.0. The number of nitrogens with one attached hydrogen (secondary N) is 1. The number of amides is 2. The Morgan fingerprint density at radius 1 is 0.963 bits per heavy atom. The number of imide groups is 1. The Balaban J connectivity index is 1.72.